The number of furan rings is 1. The minimum Gasteiger partial charge on any atom is -0.478 e. The van der Waals surface area contributed by atoms with Crippen molar-refractivity contribution in [2.75, 3.05) is 0 Å². The number of aromatic carboxylic acids is 1. The summed E-state index contributed by atoms with van der Waals surface area (Å²) in [7, 11) is 0. The van der Waals surface area contributed by atoms with Gasteiger partial charge in [-0.2, -0.15) is 0 Å². The molecule has 0 radical (unpaired) electrons. The molecule has 28 heavy (non-hydrogen) atoms. The summed E-state index contributed by atoms with van der Waals surface area (Å²) in [5, 5.41) is 21.2. The summed E-state index contributed by atoms with van der Waals surface area (Å²) < 4.78 is 11.6. The minimum absolute atomic E-state index is 0.134. The first kappa shape index (κ1) is 18.3. The third-order valence-electron chi connectivity index (χ3n) is 4.78. The average molecular weight is 397 g/mol. The van der Waals surface area contributed by atoms with Gasteiger partial charge in [0.25, 0.3) is 5.79 Å². The summed E-state index contributed by atoms with van der Waals surface area (Å²) in [6.07, 6.45) is 5.43. The summed E-state index contributed by atoms with van der Waals surface area (Å²) in [6.45, 7) is 2.05. The van der Waals surface area contributed by atoms with Gasteiger partial charge in [-0.15, -0.1) is 0 Å². The van der Waals surface area contributed by atoms with E-state index in [2.05, 4.69) is 0 Å². The van der Waals surface area contributed by atoms with E-state index in [1.807, 2.05) is 25.1 Å². The van der Waals surface area contributed by atoms with Gasteiger partial charge in [0.1, 0.15) is 11.3 Å². The van der Waals surface area contributed by atoms with Crippen molar-refractivity contribution < 1.29 is 24.2 Å². The molecule has 3 aromatic rings. The fourth-order valence-electron chi connectivity index (χ4n) is 3.16. The van der Waals surface area contributed by atoms with E-state index < -0.39 is 11.8 Å². The molecule has 1 unspecified atom stereocenters. The van der Waals surface area contributed by atoms with Gasteiger partial charge in [-0.1, -0.05) is 36.7 Å². The second-order valence-electron chi connectivity index (χ2n) is 6.52. The topological polar surface area (TPSA) is 79.9 Å². The summed E-state index contributed by atoms with van der Waals surface area (Å²) in [4.78, 5) is 11.0. The van der Waals surface area contributed by atoms with Crippen molar-refractivity contribution in [2.24, 2.45) is 0 Å². The number of carboxylic acid groups (broad SMARTS) is 1. The predicted octanol–water partition coefficient (Wildman–Crippen LogP) is 5.12. The van der Waals surface area contributed by atoms with Gasteiger partial charge in [-0.25, -0.2) is 4.79 Å². The Morgan fingerprint density at radius 2 is 1.93 bits per heavy atom. The summed E-state index contributed by atoms with van der Waals surface area (Å²) in [5.74, 6) is -2.13. The van der Waals surface area contributed by atoms with Crippen molar-refractivity contribution in [1.29, 1.82) is 0 Å². The molecular weight excluding hydrogens is 380 g/mol. The zero-order chi connectivity index (χ0) is 19.9. The van der Waals surface area contributed by atoms with E-state index in [-0.39, 0.29) is 5.56 Å². The lowest BCUT2D eigenvalue weighted by atomic mass is 10.0. The summed E-state index contributed by atoms with van der Waals surface area (Å²) >= 11 is 6.29. The first-order valence-corrected chi connectivity index (χ1v) is 9.14. The van der Waals surface area contributed by atoms with Crippen LogP contribution in [0.3, 0.4) is 0 Å². The van der Waals surface area contributed by atoms with Gasteiger partial charge in [-0.05, 0) is 48.4 Å². The van der Waals surface area contributed by atoms with E-state index in [0.29, 0.717) is 21.9 Å². The van der Waals surface area contributed by atoms with Crippen molar-refractivity contribution in [3.05, 3.63) is 88.4 Å². The van der Waals surface area contributed by atoms with Crippen LogP contribution in [0.25, 0.3) is 16.5 Å². The van der Waals surface area contributed by atoms with Crippen molar-refractivity contribution in [3.8, 4) is 0 Å². The lowest BCUT2D eigenvalue weighted by Crippen LogP contribution is -2.26. The number of allylic oxidation sites excluding steroid dienone is 2. The first-order valence-electron chi connectivity index (χ1n) is 8.76. The third kappa shape index (κ3) is 3.09. The first-order chi connectivity index (χ1) is 13.4. The highest BCUT2D eigenvalue weighted by Gasteiger charge is 2.30. The van der Waals surface area contributed by atoms with Crippen LogP contribution in [0.15, 0.2) is 65.3 Å². The van der Waals surface area contributed by atoms with E-state index in [9.17, 15) is 9.90 Å². The third-order valence-corrected chi connectivity index (χ3v) is 5.11. The molecule has 1 aromatic heterocycles. The molecule has 2 N–H and O–H groups in total. The van der Waals surface area contributed by atoms with E-state index in [1.165, 1.54) is 36.6 Å². The minimum atomic E-state index is -1.68. The maximum absolute atomic E-state index is 11.0. The molecule has 1 aliphatic rings. The van der Waals surface area contributed by atoms with Crippen LogP contribution in [0, 0.1) is 0 Å². The summed E-state index contributed by atoms with van der Waals surface area (Å²) in [5.41, 5.74) is 3.01. The number of carbonyl (C=O) groups is 1. The van der Waals surface area contributed by atoms with Crippen molar-refractivity contribution in [1.82, 2.24) is 0 Å². The standard InChI is InChI=1S/C22H17ClO5/c1-2-13-5-8-18(23)17-11-19(28-20(13)17)15-9-10-22(26,27-12-15)16-6-3-14(4-7-16)21(24)25/h3-12,26H,2H2,1H3,(H,24,25). The lowest BCUT2D eigenvalue weighted by Gasteiger charge is -2.27. The van der Waals surface area contributed by atoms with E-state index in [4.69, 9.17) is 25.9 Å². The van der Waals surface area contributed by atoms with Gasteiger partial charge in [-0.3, -0.25) is 0 Å². The largest absolute Gasteiger partial charge is 0.478 e. The molecule has 0 amide bonds. The Balaban J connectivity index is 1.64. The van der Waals surface area contributed by atoms with E-state index in [1.54, 1.807) is 6.08 Å². The Labute approximate surface area is 166 Å². The van der Waals surface area contributed by atoms with E-state index >= 15 is 0 Å². The highest BCUT2D eigenvalue weighted by molar-refractivity contribution is 6.35. The molecule has 5 nitrogen and oxygen atoms in total. The Bertz CT molecular complexity index is 1120. The number of fused-ring (bicyclic) bond motifs is 1. The number of benzene rings is 2. The second-order valence-corrected chi connectivity index (χ2v) is 6.92. The number of aliphatic hydroxyl groups is 1. The number of aryl methyl sites for hydroxylation is 1. The molecule has 6 heteroatoms. The molecule has 0 fully saturated rings. The van der Waals surface area contributed by atoms with Gasteiger partial charge >= 0.3 is 5.97 Å². The predicted molar refractivity (Wildman–Crippen MR) is 106 cm³/mol. The van der Waals surface area contributed by atoms with Gasteiger partial charge < -0.3 is 19.4 Å². The Kier molecular flexibility index (Phi) is 4.49. The molecule has 142 valence electrons. The Hall–Kier alpha value is -3.02. The van der Waals surface area contributed by atoms with Crippen LogP contribution in [0.1, 0.15) is 34.2 Å². The molecule has 0 saturated heterocycles. The number of rotatable bonds is 4. The SMILES string of the molecule is CCc1ccc(Cl)c2cc(C3=COC(O)(c4ccc(C(=O)O)cc4)C=C3)oc12. The number of hydrogen-bond acceptors (Lipinski definition) is 4. The smallest absolute Gasteiger partial charge is 0.335 e. The number of halogens is 1. The Morgan fingerprint density at radius 1 is 1.18 bits per heavy atom. The molecule has 2 aromatic carbocycles. The molecule has 0 aliphatic carbocycles. The van der Waals surface area contributed by atoms with Crippen molar-refractivity contribution in [2.45, 2.75) is 19.1 Å². The van der Waals surface area contributed by atoms with Gasteiger partial charge in [0.15, 0.2) is 0 Å². The molecular formula is C22H17ClO5. The molecule has 1 aliphatic heterocycles. The number of carboxylic acids is 1. The van der Waals surface area contributed by atoms with Crippen molar-refractivity contribution in [3.63, 3.8) is 0 Å². The van der Waals surface area contributed by atoms with Crippen LogP contribution in [0.4, 0.5) is 0 Å². The number of ether oxygens (including phenoxy) is 1. The zero-order valence-electron chi connectivity index (χ0n) is 15.0. The highest BCUT2D eigenvalue weighted by atomic mass is 35.5. The quantitative estimate of drug-likeness (QED) is 0.639. The average Bonchev–Trinajstić information content (AvgIpc) is 3.15. The van der Waals surface area contributed by atoms with Crippen LogP contribution in [-0.4, -0.2) is 16.2 Å². The van der Waals surface area contributed by atoms with E-state index in [0.717, 1.165) is 23.0 Å². The molecule has 0 spiro atoms. The van der Waals surface area contributed by atoms with Crippen molar-refractivity contribution >= 4 is 34.1 Å². The van der Waals surface area contributed by atoms with Crippen LogP contribution in [-0.2, 0) is 16.9 Å². The lowest BCUT2D eigenvalue weighted by molar-refractivity contribution is -0.134. The second kappa shape index (κ2) is 6.86. The fourth-order valence-corrected chi connectivity index (χ4v) is 3.36. The zero-order valence-corrected chi connectivity index (χ0v) is 15.7. The monoisotopic (exact) mass is 396 g/mol. The van der Waals surface area contributed by atoms with Crippen LogP contribution < -0.4 is 0 Å². The molecule has 1 atom stereocenters. The van der Waals surface area contributed by atoms with Crippen LogP contribution >= 0.6 is 11.6 Å². The molecule has 0 saturated carbocycles. The maximum Gasteiger partial charge on any atom is 0.335 e. The normalized spacial score (nSPS) is 18.8. The molecule has 0 bridgehead atoms. The molecule has 4 rings (SSSR count). The van der Waals surface area contributed by atoms with Gasteiger partial charge in [0.05, 0.1) is 22.4 Å². The fraction of sp³-hybridized carbons (Fsp3) is 0.136. The highest BCUT2D eigenvalue weighted by Crippen LogP contribution is 2.36. The maximum atomic E-state index is 11.0. The van der Waals surface area contributed by atoms with Crippen LogP contribution in [0.5, 0.6) is 0 Å². The molecule has 2 heterocycles. The number of hydrogen-bond donors (Lipinski definition) is 2. The summed E-state index contributed by atoms with van der Waals surface area (Å²) in [6, 6.07) is 11.5. The van der Waals surface area contributed by atoms with Gasteiger partial charge in [0.2, 0.25) is 0 Å². The Morgan fingerprint density at radius 3 is 2.54 bits per heavy atom. The van der Waals surface area contributed by atoms with Gasteiger partial charge in [0, 0.05) is 10.9 Å². The van der Waals surface area contributed by atoms with Crippen LogP contribution in [0.2, 0.25) is 5.02 Å².